The second kappa shape index (κ2) is 5.46. The van der Waals surface area contributed by atoms with Crippen LogP contribution in [-0.2, 0) is 10.8 Å². The first-order chi connectivity index (χ1) is 7.76. The number of thiophene rings is 1. The Kier molecular flexibility index (Phi) is 4.69. The summed E-state index contributed by atoms with van der Waals surface area (Å²) >= 11 is 1.56. The van der Waals surface area contributed by atoms with Crippen molar-refractivity contribution in [1.82, 2.24) is 0 Å². The molecule has 0 aliphatic carbocycles. The zero-order valence-corrected chi connectivity index (χ0v) is 13.2. The number of hydrogen-bond acceptors (Lipinski definition) is 3. The Bertz CT molecular complexity index is 377. The van der Waals surface area contributed by atoms with Crippen LogP contribution in [0.3, 0.4) is 0 Å². The Balaban J connectivity index is 2.45. The summed E-state index contributed by atoms with van der Waals surface area (Å²) in [5, 5.41) is 0.260. The Hall–Kier alpha value is -0.453. The average molecular weight is 270 g/mol. The van der Waals surface area contributed by atoms with E-state index in [1.807, 2.05) is 12.1 Å². The van der Waals surface area contributed by atoms with Crippen molar-refractivity contribution in [2.45, 2.75) is 45.3 Å². The van der Waals surface area contributed by atoms with E-state index in [4.69, 9.17) is 4.43 Å². The van der Waals surface area contributed by atoms with Gasteiger partial charge in [0.05, 0.1) is 4.88 Å². The molecule has 0 unspecified atom stereocenters. The Morgan fingerprint density at radius 3 is 2.47 bits per heavy atom. The number of aldehydes is 1. The molecule has 17 heavy (non-hydrogen) atoms. The van der Waals surface area contributed by atoms with Gasteiger partial charge in [-0.3, -0.25) is 4.79 Å². The molecule has 0 aliphatic rings. The summed E-state index contributed by atoms with van der Waals surface area (Å²) in [5.74, 6) is 0. The van der Waals surface area contributed by atoms with Crippen LogP contribution in [0.15, 0.2) is 12.1 Å². The normalized spacial score (nSPS) is 12.8. The molecule has 0 spiro atoms. The second-order valence-electron chi connectivity index (χ2n) is 5.78. The fourth-order valence-electron chi connectivity index (χ4n) is 1.22. The predicted octanol–water partition coefficient (Wildman–Crippen LogP) is 4.12. The lowest BCUT2D eigenvalue weighted by Gasteiger charge is -2.36. The monoisotopic (exact) mass is 270 g/mol. The van der Waals surface area contributed by atoms with Gasteiger partial charge in [0.15, 0.2) is 14.6 Å². The van der Waals surface area contributed by atoms with E-state index in [2.05, 4.69) is 33.9 Å². The smallest absolute Gasteiger partial charge is 0.191 e. The zero-order valence-electron chi connectivity index (χ0n) is 11.4. The Labute approximate surface area is 109 Å². The summed E-state index contributed by atoms with van der Waals surface area (Å²) in [6.07, 6.45) is 1.81. The number of carbonyl (C=O) groups is 1. The summed E-state index contributed by atoms with van der Waals surface area (Å²) in [4.78, 5) is 12.6. The van der Waals surface area contributed by atoms with Crippen molar-refractivity contribution in [3.05, 3.63) is 21.9 Å². The van der Waals surface area contributed by atoms with Crippen molar-refractivity contribution in [1.29, 1.82) is 0 Å². The van der Waals surface area contributed by atoms with Gasteiger partial charge < -0.3 is 4.43 Å². The largest absolute Gasteiger partial charge is 0.416 e. The Morgan fingerprint density at radius 2 is 2.00 bits per heavy atom. The summed E-state index contributed by atoms with van der Waals surface area (Å²) in [5.41, 5.74) is 0. The summed E-state index contributed by atoms with van der Waals surface area (Å²) in [7, 11) is -1.63. The van der Waals surface area contributed by atoms with E-state index in [1.165, 1.54) is 4.88 Å². The quantitative estimate of drug-likeness (QED) is 0.594. The van der Waals surface area contributed by atoms with Gasteiger partial charge in [-0.1, -0.05) is 20.8 Å². The second-order valence-corrected chi connectivity index (χ2v) is 11.8. The van der Waals surface area contributed by atoms with Crippen LogP contribution >= 0.6 is 11.3 Å². The summed E-state index contributed by atoms with van der Waals surface area (Å²) in [6, 6.07) is 3.89. The third-order valence-electron chi connectivity index (χ3n) is 3.42. The van der Waals surface area contributed by atoms with Crippen molar-refractivity contribution in [3.8, 4) is 0 Å². The number of rotatable bonds is 5. The van der Waals surface area contributed by atoms with Crippen LogP contribution in [0, 0.1) is 0 Å². The molecule has 0 aromatic carbocycles. The van der Waals surface area contributed by atoms with Gasteiger partial charge in [-0.2, -0.15) is 0 Å². The first kappa shape index (κ1) is 14.6. The maximum atomic E-state index is 10.6. The van der Waals surface area contributed by atoms with Crippen LogP contribution < -0.4 is 0 Å². The molecule has 4 heteroatoms. The van der Waals surface area contributed by atoms with E-state index in [0.717, 1.165) is 24.2 Å². The minimum atomic E-state index is -1.63. The molecule has 1 heterocycles. The molecule has 0 bridgehead atoms. The standard InChI is InChI=1S/C13H22O2SSi/c1-13(2,3)17(4,5)15-9-8-11-6-7-12(10-14)16-11/h6-7,10H,8-9H2,1-5H3. The molecular weight excluding hydrogens is 248 g/mol. The lowest BCUT2D eigenvalue weighted by molar-refractivity contribution is 0.112. The van der Waals surface area contributed by atoms with E-state index in [0.29, 0.717) is 0 Å². The first-order valence-corrected chi connectivity index (χ1v) is 9.66. The van der Waals surface area contributed by atoms with E-state index >= 15 is 0 Å². The third kappa shape index (κ3) is 4.05. The molecule has 0 radical (unpaired) electrons. The Morgan fingerprint density at radius 1 is 1.35 bits per heavy atom. The topological polar surface area (TPSA) is 26.3 Å². The molecule has 0 amide bonds. The van der Waals surface area contributed by atoms with E-state index in [1.54, 1.807) is 11.3 Å². The van der Waals surface area contributed by atoms with Gasteiger partial charge in [0.2, 0.25) is 0 Å². The molecule has 0 saturated carbocycles. The van der Waals surface area contributed by atoms with Crippen LogP contribution in [0.5, 0.6) is 0 Å². The van der Waals surface area contributed by atoms with E-state index in [9.17, 15) is 4.79 Å². The van der Waals surface area contributed by atoms with Crippen molar-refractivity contribution in [3.63, 3.8) is 0 Å². The predicted molar refractivity (Wildman–Crippen MR) is 76.6 cm³/mol. The number of carbonyl (C=O) groups excluding carboxylic acids is 1. The molecule has 1 aromatic heterocycles. The molecule has 0 atom stereocenters. The lowest BCUT2D eigenvalue weighted by Crippen LogP contribution is -2.41. The summed E-state index contributed by atoms with van der Waals surface area (Å²) in [6.45, 7) is 12.0. The van der Waals surface area contributed by atoms with Crippen LogP contribution in [-0.4, -0.2) is 21.2 Å². The van der Waals surface area contributed by atoms with Gasteiger partial charge in [0, 0.05) is 17.9 Å². The van der Waals surface area contributed by atoms with Gasteiger partial charge >= 0.3 is 0 Å². The molecular formula is C13H22O2SSi. The minimum Gasteiger partial charge on any atom is -0.416 e. The molecule has 1 rings (SSSR count). The van der Waals surface area contributed by atoms with Gasteiger partial charge in [0.25, 0.3) is 0 Å². The van der Waals surface area contributed by atoms with Crippen molar-refractivity contribution in [2.24, 2.45) is 0 Å². The van der Waals surface area contributed by atoms with Crippen molar-refractivity contribution >= 4 is 25.9 Å². The highest BCUT2D eigenvalue weighted by molar-refractivity contribution is 7.13. The highest BCUT2D eigenvalue weighted by atomic mass is 32.1. The van der Waals surface area contributed by atoms with Crippen LogP contribution in [0.1, 0.15) is 35.3 Å². The molecule has 96 valence electrons. The van der Waals surface area contributed by atoms with Gasteiger partial charge in [-0.25, -0.2) is 0 Å². The maximum Gasteiger partial charge on any atom is 0.191 e. The molecule has 0 aliphatic heterocycles. The van der Waals surface area contributed by atoms with Crippen molar-refractivity contribution in [2.75, 3.05) is 6.61 Å². The van der Waals surface area contributed by atoms with Crippen LogP contribution in [0.25, 0.3) is 0 Å². The highest BCUT2D eigenvalue weighted by Crippen LogP contribution is 2.36. The highest BCUT2D eigenvalue weighted by Gasteiger charge is 2.36. The van der Waals surface area contributed by atoms with Gasteiger partial charge in [-0.05, 0) is 30.3 Å². The molecule has 0 saturated heterocycles. The molecule has 1 aromatic rings. The van der Waals surface area contributed by atoms with Crippen LogP contribution in [0.2, 0.25) is 18.1 Å². The van der Waals surface area contributed by atoms with Crippen molar-refractivity contribution < 1.29 is 9.22 Å². The maximum absolute atomic E-state index is 10.6. The molecule has 0 N–H and O–H groups in total. The van der Waals surface area contributed by atoms with E-state index < -0.39 is 8.32 Å². The van der Waals surface area contributed by atoms with Gasteiger partial charge in [0.1, 0.15) is 0 Å². The zero-order chi connectivity index (χ0) is 13.1. The van der Waals surface area contributed by atoms with Crippen LogP contribution in [0.4, 0.5) is 0 Å². The van der Waals surface area contributed by atoms with E-state index in [-0.39, 0.29) is 5.04 Å². The minimum absolute atomic E-state index is 0.260. The number of hydrogen-bond donors (Lipinski definition) is 0. The SMILES string of the molecule is CC(C)(C)[Si](C)(C)OCCc1ccc(C=O)s1. The average Bonchev–Trinajstić information content (AvgIpc) is 2.63. The fourth-order valence-corrected chi connectivity index (χ4v) is 3.07. The van der Waals surface area contributed by atoms with Gasteiger partial charge in [-0.15, -0.1) is 11.3 Å². The first-order valence-electron chi connectivity index (χ1n) is 5.94. The summed E-state index contributed by atoms with van der Waals surface area (Å²) < 4.78 is 6.10. The molecule has 2 nitrogen and oxygen atoms in total. The lowest BCUT2D eigenvalue weighted by atomic mass is 10.2. The third-order valence-corrected chi connectivity index (χ3v) is 9.02. The fraction of sp³-hybridized carbons (Fsp3) is 0.615. The molecule has 0 fully saturated rings.